The molecule has 0 aliphatic rings. The summed E-state index contributed by atoms with van der Waals surface area (Å²) in [6, 6.07) is 23.1. The van der Waals surface area contributed by atoms with Crippen molar-refractivity contribution in [2.45, 2.75) is 33.1 Å². The van der Waals surface area contributed by atoms with Gasteiger partial charge < -0.3 is 15.1 Å². The van der Waals surface area contributed by atoms with Crippen LogP contribution in [0.4, 0.5) is 11.4 Å². The normalized spacial score (nSPS) is 10.8. The summed E-state index contributed by atoms with van der Waals surface area (Å²) < 4.78 is 5.84. The van der Waals surface area contributed by atoms with Crippen LogP contribution in [0.2, 0.25) is 0 Å². The molecule has 0 saturated carbocycles. The predicted molar refractivity (Wildman–Crippen MR) is 128 cm³/mol. The number of hydrogen-bond acceptors (Lipinski definition) is 3. The fraction of sp³-hybridized carbons (Fsp3) is 0.185. The summed E-state index contributed by atoms with van der Waals surface area (Å²) in [5, 5.41) is 6.50. The maximum absolute atomic E-state index is 13.0. The lowest BCUT2D eigenvalue weighted by Gasteiger charge is -2.09. The zero-order valence-corrected chi connectivity index (χ0v) is 18.3. The molecule has 0 radical (unpaired) electrons. The molecule has 2 N–H and O–H groups in total. The lowest BCUT2D eigenvalue weighted by molar-refractivity contribution is -0.116. The highest BCUT2D eigenvalue weighted by atomic mass is 16.3. The molecular formula is C27H26N2O3. The van der Waals surface area contributed by atoms with E-state index in [-0.39, 0.29) is 11.7 Å². The second-order valence-electron chi connectivity index (χ2n) is 7.94. The van der Waals surface area contributed by atoms with Gasteiger partial charge in [-0.3, -0.25) is 9.59 Å². The summed E-state index contributed by atoms with van der Waals surface area (Å²) in [6.45, 7) is 4.01. The van der Waals surface area contributed by atoms with Gasteiger partial charge in [0.25, 0.3) is 5.91 Å². The van der Waals surface area contributed by atoms with E-state index in [1.807, 2.05) is 68.4 Å². The number of furan rings is 1. The van der Waals surface area contributed by atoms with E-state index in [2.05, 4.69) is 22.8 Å². The predicted octanol–water partition coefficient (Wildman–Crippen LogP) is 6.26. The van der Waals surface area contributed by atoms with Crippen LogP contribution in [-0.4, -0.2) is 11.8 Å². The molecule has 5 heteroatoms. The van der Waals surface area contributed by atoms with Crippen molar-refractivity contribution in [1.29, 1.82) is 0 Å². The first-order valence-electron chi connectivity index (χ1n) is 10.7. The van der Waals surface area contributed by atoms with E-state index in [4.69, 9.17) is 4.42 Å². The van der Waals surface area contributed by atoms with E-state index >= 15 is 0 Å². The molecule has 4 aromatic rings. The lowest BCUT2D eigenvalue weighted by Crippen LogP contribution is -2.17. The average Bonchev–Trinajstić information content (AvgIpc) is 3.15. The highest BCUT2D eigenvalue weighted by Crippen LogP contribution is 2.32. The van der Waals surface area contributed by atoms with E-state index in [0.29, 0.717) is 28.8 Å². The van der Waals surface area contributed by atoms with Gasteiger partial charge in [-0.25, -0.2) is 0 Å². The van der Waals surface area contributed by atoms with Gasteiger partial charge in [-0.1, -0.05) is 48.5 Å². The van der Waals surface area contributed by atoms with Crippen molar-refractivity contribution >= 4 is 34.2 Å². The number of benzene rings is 3. The Bertz CT molecular complexity index is 1260. The Kier molecular flexibility index (Phi) is 6.36. The molecule has 2 amide bonds. The van der Waals surface area contributed by atoms with Crippen LogP contribution in [0, 0.1) is 13.8 Å². The topological polar surface area (TPSA) is 71.3 Å². The van der Waals surface area contributed by atoms with Gasteiger partial charge in [0.05, 0.1) is 0 Å². The first-order valence-corrected chi connectivity index (χ1v) is 10.7. The highest BCUT2D eigenvalue weighted by molar-refractivity contribution is 6.14. The number of anilines is 2. The molecular weight excluding hydrogens is 400 g/mol. The van der Waals surface area contributed by atoms with E-state index < -0.39 is 5.91 Å². The minimum absolute atomic E-state index is 0.0980. The number of carbonyl (C=O) groups is 2. The number of rotatable bonds is 7. The van der Waals surface area contributed by atoms with Gasteiger partial charge in [-0.2, -0.15) is 0 Å². The lowest BCUT2D eigenvalue weighted by atomic mass is 10.1. The molecule has 162 valence electrons. The van der Waals surface area contributed by atoms with Crippen molar-refractivity contribution < 1.29 is 14.0 Å². The smallest absolute Gasteiger partial charge is 0.293 e. The van der Waals surface area contributed by atoms with Crippen molar-refractivity contribution in [3.8, 4) is 0 Å². The second kappa shape index (κ2) is 9.52. The molecule has 1 aromatic heterocycles. The van der Waals surface area contributed by atoms with Crippen molar-refractivity contribution in [3.05, 3.63) is 95.2 Å². The zero-order chi connectivity index (χ0) is 22.5. The maximum Gasteiger partial charge on any atom is 0.293 e. The van der Waals surface area contributed by atoms with E-state index in [0.717, 1.165) is 24.0 Å². The fourth-order valence-electron chi connectivity index (χ4n) is 3.64. The summed E-state index contributed by atoms with van der Waals surface area (Å²) in [4.78, 5) is 25.7. The second-order valence-corrected chi connectivity index (χ2v) is 7.94. The molecule has 1 heterocycles. The Morgan fingerprint density at radius 2 is 1.59 bits per heavy atom. The van der Waals surface area contributed by atoms with Crippen molar-refractivity contribution in [2.75, 3.05) is 10.6 Å². The van der Waals surface area contributed by atoms with E-state index in [1.165, 1.54) is 5.56 Å². The van der Waals surface area contributed by atoms with Crippen molar-refractivity contribution in [3.63, 3.8) is 0 Å². The Labute approximate surface area is 187 Å². The quantitative estimate of drug-likeness (QED) is 0.366. The number of para-hydroxylation sites is 1. The Balaban J connectivity index is 1.51. The Morgan fingerprint density at radius 3 is 2.38 bits per heavy atom. The van der Waals surface area contributed by atoms with Gasteiger partial charge in [-0.05, 0) is 67.6 Å². The SMILES string of the molecule is Cc1ccc(NC(=O)c2oc3ccccc3c2NC(=O)CCCc2ccccc2)cc1C. The van der Waals surface area contributed by atoms with Gasteiger partial charge in [0, 0.05) is 17.5 Å². The Hall–Kier alpha value is -3.86. The third kappa shape index (κ3) is 4.89. The summed E-state index contributed by atoms with van der Waals surface area (Å²) in [6.07, 6.45) is 1.89. The van der Waals surface area contributed by atoms with Crippen LogP contribution in [0.25, 0.3) is 11.0 Å². The van der Waals surface area contributed by atoms with Crippen LogP contribution in [-0.2, 0) is 11.2 Å². The molecule has 0 unspecified atom stereocenters. The number of nitrogens with one attached hydrogen (secondary N) is 2. The van der Waals surface area contributed by atoms with Crippen LogP contribution < -0.4 is 10.6 Å². The molecule has 0 atom stereocenters. The minimum Gasteiger partial charge on any atom is -0.449 e. The first-order chi connectivity index (χ1) is 15.5. The maximum atomic E-state index is 13.0. The van der Waals surface area contributed by atoms with Gasteiger partial charge in [0.15, 0.2) is 0 Å². The molecule has 0 spiro atoms. The van der Waals surface area contributed by atoms with Gasteiger partial charge in [0.1, 0.15) is 11.3 Å². The number of hydrogen-bond donors (Lipinski definition) is 2. The molecule has 32 heavy (non-hydrogen) atoms. The zero-order valence-electron chi connectivity index (χ0n) is 18.3. The number of aryl methyl sites for hydroxylation is 3. The van der Waals surface area contributed by atoms with Gasteiger partial charge >= 0.3 is 0 Å². The summed E-state index contributed by atoms with van der Waals surface area (Å²) in [5.74, 6) is -0.447. The minimum atomic E-state index is -0.399. The van der Waals surface area contributed by atoms with E-state index in [1.54, 1.807) is 6.07 Å². The van der Waals surface area contributed by atoms with Crippen LogP contribution in [0.5, 0.6) is 0 Å². The van der Waals surface area contributed by atoms with Crippen LogP contribution in [0.3, 0.4) is 0 Å². The summed E-state index contributed by atoms with van der Waals surface area (Å²) >= 11 is 0. The molecule has 0 saturated heterocycles. The molecule has 4 rings (SSSR count). The number of carbonyl (C=O) groups excluding carboxylic acids is 2. The third-order valence-electron chi connectivity index (χ3n) is 5.54. The fourth-order valence-corrected chi connectivity index (χ4v) is 3.64. The summed E-state index contributed by atoms with van der Waals surface area (Å²) in [7, 11) is 0. The van der Waals surface area contributed by atoms with Gasteiger partial charge in [0.2, 0.25) is 11.7 Å². The molecule has 0 aliphatic carbocycles. The summed E-state index contributed by atoms with van der Waals surface area (Å²) in [5.41, 5.74) is 5.07. The monoisotopic (exact) mass is 426 g/mol. The molecule has 0 bridgehead atoms. The van der Waals surface area contributed by atoms with Crippen LogP contribution in [0.15, 0.2) is 77.2 Å². The van der Waals surface area contributed by atoms with Crippen LogP contribution in [0.1, 0.15) is 40.1 Å². The molecule has 0 fully saturated rings. The van der Waals surface area contributed by atoms with Crippen molar-refractivity contribution in [2.24, 2.45) is 0 Å². The third-order valence-corrected chi connectivity index (χ3v) is 5.54. The van der Waals surface area contributed by atoms with Crippen molar-refractivity contribution in [1.82, 2.24) is 0 Å². The van der Waals surface area contributed by atoms with Crippen LogP contribution >= 0.6 is 0 Å². The standard InChI is InChI=1S/C27H26N2O3/c1-18-15-16-21(17-19(18)2)28-27(31)26-25(22-12-6-7-13-23(22)32-26)29-24(30)14-8-11-20-9-4-3-5-10-20/h3-7,9-10,12-13,15-17H,8,11,14H2,1-2H3,(H,28,31)(H,29,30). The molecule has 5 nitrogen and oxygen atoms in total. The molecule has 3 aromatic carbocycles. The van der Waals surface area contributed by atoms with Gasteiger partial charge in [-0.15, -0.1) is 0 Å². The van der Waals surface area contributed by atoms with E-state index in [9.17, 15) is 9.59 Å². The Morgan fingerprint density at radius 1 is 0.844 bits per heavy atom. The first kappa shape index (κ1) is 21.4. The largest absolute Gasteiger partial charge is 0.449 e. The number of amides is 2. The average molecular weight is 427 g/mol. The number of fused-ring (bicyclic) bond motifs is 1. The molecule has 0 aliphatic heterocycles. The highest BCUT2D eigenvalue weighted by Gasteiger charge is 2.22.